The number of thioether (sulfide) groups is 1. The van der Waals surface area contributed by atoms with Gasteiger partial charge in [-0.1, -0.05) is 39.7 Å². The molecule has 0 fully saturated rings. The molecular weight excluding hydrogens is 376 g/mol. The van der Waals surface area contributed by atoms with Crippen molar-refractivity contribution < 1.29 is 0 Å². The lowest BCUT2D eigenvalue weighted by atomic mass is 10.1. The monoisotopic (exact) mass is 388 g/mol. The lowest BCUT2D eigenvalue weighted by molar-refractivity contribution is 0.555. The van der Waals surface area contributed by atoms with E-state index in [1.54, 1.807) is 23.9 Å². The molecule has 1 aromatic heterocycles. The van der Waals surface area contributed by atoms with Crippen molar-refractivity contribution in [1.82, 2.24) is 9.55 Å². The quantitative estimate of drug-likeness (QED) is 0.814. The highest BCUT2D eigenvalue weighted by atomic mass is 79.9. The summed E-state index contributed by atoms with van der Waals surface area (Å²) in [6.07, 6.45) is 1.93. The Morgan fingerprint density at radius 1 is 1.33 bits per heavy atom. The number of hydrogen-bond donors (Lipinski definition) is 1. The summed E-state index contributed by atoms with van der Waals surface area (Å²) >= 11 is 11.0. The normalized spacial score (nSPS) is 12.4. The average Bonchev–Trinajstić information content (AvgIpc) is 2.40. The van der Waals surface area contributed by atoms with E-state index in [1.807, 2.05) is 25.3 Å². The molecule has 0 radical (unpaired) electrons. The van der Waals surface area contributed by atoms with E-state index in [1.165, 1.54) is 4.57 Å². The standard InChI is InChI=1S/C14H14BrClN2O2S/c1-8(7-21-2)18-13(19)11(12(16)17-14(18)20)9-3-5-10(15)6-4-9/h3-6,8H,7H2,1-2H3,(H,17,20). The van der Waals surface area contributed by atoms with E-state index in [0.29, 0.717) is 16.9 Å². The number of aromatic amines is 1. The van der Waals surface area contributed by atoms with Crippen LogP contribution in [0.15, 0.2) is 38.3 Å². The summed E-state index contributed by atoms with van der Waals surface area (Å²) in [6.45, 7) is 1.84. The Labute approximate surface area is 139 Å². The van der Waals surface area contributed by atoms with Crippen LogP contribution in [-0.2, 0) is 0 Å². The topological polar surface area (TPSA) is 54.9 Å². The number of rotatable bonds is 4. The third kappa shape index (κ3) is 3.44. The zero-order valence-electron chi connectivity index (χ0n) is 11.5. The molecule has 7 heteroatoms. The maximum atomic E-state index is 12.6. The van der Waals surface area contributed by atoms with Crippen molar-refractivity contribution in [3.63, 3.8) is 0 Å². The molecule has 0 aliphatic rings. The molecule has 4 nitrogen and oxygen atoms in total. The molecule has 1 N–H and O–H groups in total. The molecule has 112 valence electrons. The van der Waals surface area contributed by atoms with Crippen LogP contribution in [0, 0.1) is 0 Å². The molecule has 2 aromatic rings. The van der Waals surface area contributed by atoms with Crippen LogP contribution in [0.5, 0.6) is 0 Å². The van der Waals surface area contributed by atoms with Crippen molar-refractivity contribution in [2.45, 2.75) is 13.0 Å². The molecule has 1 aromatic carbocycles. The number of H-pyrrole nitrogens is 1. The Bertz CT molecular complexity index is 755. The summed E-state index contributed by atoms with van der Waals surface area (Å²) in [5.41, 5.74) is 0.145. The van der Waals surface area contributed by atoms with E-state index in [-0.39, 0.29) is 16.8 Å². The predicted octanol–water partition coefficient (Wildman–Crippen LogP) is 3.54. The van der Waals surface area contributed by atoms with Gasteiger partial charge in [0.25, 0.3) is 5.56 Å². The second-order valence-corrected chi connectivity index (χ2v) is 6.81. The van der Waals surface area contributed by atoms with Crippen molar-refractivity contribution in [3.05, 3.63) is 54.7 Å². The second-order valence-electron chi connectivity index (χ2n) is 4.61. The number of aromatic nitrogens is 2. The lowest BCUT2D eigenvalue weighted by Gasteiger charge is -2.15. The van der Waals surface area contributed by atoms with Gasteiger partial charge in [0.15, 0.2) is 0 Å². The maximum Gasteiger partial charge on any atom is 0.329 e. The zero-order chi connectivity index (χ0) is 15.6. The van der Waals surface area contributed by atoms with Gasteiger partial charge in [0, 0.05) is 16.3 Å². The highest BCUT2D eigenvalue weighted by Crippen LogP contribution is 2.24. The molecule has 0 aliphatic carbocycles. The van der Waals surface area contributed by atoms with E-state index < -0.39 is 5.69 Å². The van der Waals surface area contributed by atoms with Crippen LogP contribution >= 0.6 is 39.3 Å². The zero-order valence-corrected chi connectivity index (χ0v) is 14.7. The minimum Gasteiger partial charge on any atom is -0.297 e. The van der Waals surface area contributed by atoms with E-state index in [9.17, 15) is 9.59 Å². The van der Waals surface area contributed by atoms with Gasteiger partial charge in [-0.05, 0) is 30.9 Å². The molecule has 0 bridgehead atoms. The maximum absolute atomic E-state index is 12.6. The van der Waals surface area contributed by atoms with E-state index in [4.69, 9.17) is 11.6 Å². The Balaban J connectivity index is 2.67. The molecule has 1 heterocycles. The number of nitrogens with zero attached hydrogens (tertiary/aromatic N) is 1. The van der Waals surface area contributed by atoms with Crippen LogP contribution in [0.2, 0.25) is 5.15 Å². The number of benzene rings is 1. The fraction of sp³-hybridized carbons (Fsp3) is 0.286. The van der Waals surface area contributed by atoms with Gasteiger partial charge in [-0.25, -0.2) is 4.79 Å². The first kappa shape index (κ1) is 16.4. The van der Waals surface area contributed by atoms with E-state index >= 15 is 0 Å². The van der Waals surface area contributed by atoms with Crippen LogP contribution in [0.3, 0.4) is 0 Å². The molecule has 0 spiro atoms. The first-order chi connectivity index (χ1) is 9.95. The smallest absolute Gasteiger partial charge is 0.297 e. The van der Waals surface area contributed by atoms with Gasteiger partial charge in [-0.2, -0.15) is 11.8 Å². The number of nitrogens with one attached hydrogen (secondary N) is 1. The van der Waals surface area contributed by atoms with Crippen LogP contribution in [0.25, 0.3) is 11.1 Å². The summed E-state index contributed by atoms with van der Waals surface area (Å²) in [7, 11) is 0. The number of hydrogen-bond acceptors (Lipinski definition) is 3. The van der Waals surface area contributed by atoms with Crippen molar-refractivity contribution in [3.8, 4) is 11.1 Å². The highest BCUT2D eigenvalue weighted by Gasteiger charge is 2.18. The fourth-order valence-electron chi connectivity index (χ4n) is 2.11. The van der Waals surface area contributed by atoms with Crippen LogP contribution in [0.4, 0.5) is 0 Å². The second kappa shape index (κ2) is 6.85. The molecule has 1 unspecified atom stereocenters. The van der Waals surface area contributed by atoms with Gasteiger partial charge >= 0.3 is 5.69 Å². The van der Waals surface area contributed by atoms with Gasteiger partial charge in [0.05, 0.1) is 5.56 Å². The summed E-state index contributed by atoms with van der Waals surface area (Å²) < 4.78 is 2.13. The molecule has 1 atom stereocenters. The van der Waals surface area contributed by atoms with Gasteiger partial charge in [0.2, 0.25) is 0 Å². The molecule has 0 aliphatic heterocycles. The van der Waals surface area contributed by atoms with Crippen molar-refractivity contribution in [1.29, 1.82) is 0 Å². The third-order valence-electron chi connectivity index (χ3n) is 3.07. The van der Waals surface area contributed by atoms with Gasteiger partial charge in [-0.15, -0.1) is 0 Å². The van der Waals surface area contributed by atoms with Gasteiger partial charge < -0.3 is 0 Å². The van der Waals surface area contributed by atoms with Crippen molar-refractivity contribution >= 4 is 39.3 Å². The summed E-state index contributed by atoms with van der Waals surface area (Å²) in [6, 6.07) is 7.02. The molecule has 0 saturated carbocycles. The highest BCUT2D eigenvalue weighted by molar-refractivity contribution is 9.10. The molecule has 2 rings (SSSR count). The molecular formula is C14H14BrClN2O2S. The Morgan fingerprint density at radius 2 is 1.95 bits per heavy atom. The Morgan fingerprint density at radius 3 is 2.52 bits per heavy atom. The van der Waals surface area contributed by atoms with Crippen LogP contribution in [-0.4, -0.2) is 21.6 Å². The van der Waals surface area contributed by atoms with Crippen molar-refractivity contribution in [2.24, 2.45) is 0 Å². The minimum absolute atomic E-state index is 0.0694. The summed E-state index contributed by atoms with van der Waals surface area (Å²) in [4.78, 5) is 27.2. The Hall–Kier alpha value is -0.980. The predicted molar refractivity (Wildman–Crippen MR) is 92.6 cm³/mol. The third-order valence-corrected chi connectivity index (χ3v) is 4.70. The Kier molecular flexibility index (Phi) is 5.35. The van der Waals surface area contributed by atoms with Crippen LogP contribution in [0.1, 0.15) is 13.0 Å². The first-order valence-corrected chi connectivity index (χ1v) is 8.81. The first-order valence-electron chi connectivity index (χ1n) is 6.25. The largest absolute Gasteiger partial charge is 0.329 e. The van der Waals surface area contributed by atoms with E-state index in [0.717, 1.165) is 4.47 Å². The molecule has 21 heavy (non-hydrogen) atoms. The van der Waals surface area contributed by atoms with Gasteiger partial charge in [0.1, 0.15) is 5.15 Å². The average molecular weight is 390 g/mol. The summed E-state index contributed by atoms with van der Waals surface area (Å²) in [5.74, 6) is 0.671. The number of halogens is 2. The van der Waals surface area contributed by atoms with Crippen LogP contribution < -0.4 is 11.2 Å². The fourth-order valence-corrected chi connectivity index (χ4v) is 3.27. The van der Waals surface area contributed by atoms with Gasteiger partial charge in [-0.3, -0.25) is 14.3 Å². The molecule has 0 saturated heterocycles. The van der Waals surface area contributed by atoms with Crippen molar-refractivity contribution in [2.75, 3.05) is 12.0 Å². The SMILES string of the molecule is CSCC(C)n1c(=O)[nH]c(Cl)c(-c2ccc(Br)cc2)c1=O. The minimum atomic E-state index is -0.479. The summed E-state index contributed by atoms with van der Waals surface area (Å²) in [5, 5.41) is 0.0694. The molecule has 0 amide bonds. The van der Waals surface area contributed by atoms with E-state index in [2.05, 4.69) is 20.9 Å². The lowest BCUT2D eigenvalue weighted by Crippen LogP contribution is -2.39.